The van der Waals surface area contributed by atoms with E-state index in [2.05, 4.69) is 0 Å². The summed E-state index contributed by atoms with van der Waals surface area (Å²) in [6.07, 6.45) is -5.91. The Balaban J connectivity index is 2.66. The first-order valence-electron chi connectivity index (χ1n) is 3.95. The molecule has 1 aliphatic rings. The van der Waals surface area contributed by atoms with Gasteiger partial charge in [0.25, 0.3) is 0 Å². The van der Waals surface area contributed by atoms with Gasteiger partial charge in [0.05, 0.1) is 6.61 Å². The second-order valence-corrected chi connectivity index (χ2v) is 2.93. The van der Waals surface area contributed by atoms with Crippen molar-refractivity contribution in [3.05, 3.63) is 0 Å². The fraction of sp³-hybridized carbons (Fsp3) is 1.00. The van der Waals surface area contributed by atoms with E-state index >= 15 is 0 Å². The molecule has 0 aromatic rings. The lowest BCUT2D eigenvalue weighted by Crippen LogP contribution is -2.58. The van der Waals surface area contributed by atoms with Crippen molar-refractivity contribution in [2.75, 3.05) is 13.7 Å². The zero-order valence-electron chi connectivity index (χ0n) is 7.20. The third-order valence-corrected chi connectivity index (χ3v) is 2.08. The van der Waals surface area contributed by atoms with Crippen molar-refractivity contribution in [3.8, 4) is 0 Å². The predicted octanol–water partition coefficient (Wildman–Crippen LogP) is -2.57. The van der Waals surface area contributed by atoms with Crippen LogP contribution in [0.25, 0.3) is 0 Å². The minimum Gasteiger partial charge on any atom is -0.394 e. The van der Waals surface area contributed by atoms with Crippen molar-refractivity contribution in [1.82, 2.24) is 0 Å². The molecule has 0 amide bonds. The van der Waals surface area contributed by atoms with Crippen molar-refractivity contribution in [3.63, 3.8) is 0 Å². The van der Waals surface area contributed by atoms with Crippen LogP contribution in [0.3, 0.4) is 0 Å². The van der Waals surface area contributed by atoms with Crippen LogP contribution in [0.1, 0.15) is 0 Å². The molecular weight excluding hydrogens is 180 g/mol. The van der Waals surface area contributed by atoms with E-state index in [1.54, 1.807) is 0 Å². The summed E-state index contributed by atoms with van der Waals surface area (Å²) in [4.78, 5) is 0. The van der Waals surface area contributed by atoms with E-state index in [1.165, 1.54) is 7.11 Å². The summed E-state index contributed by atoms with van der Waals surface area (Å²) in [5.74, 6) is 0. The average Bonchev–Trinajstić information content (AvgIpc) is 2.15. The van der Waals surface area contributed by atoms with Crippen LogP contribution >= 0.6 is 0 Å². The minimum atomic E-state index is -1.36. The third-order valence-electron chi connectivity index (χ3n) is 2.08. The Morgan fingerprint density at radius 2 is 1.77 bits per heavy atom. The zero-order chi connectivity index (χ0) is 10.0. The number of hydrogen-bond donors (Lipinski definition) is 4. The van der Waals surface area contributed by atoms with E-state index in [0.717, 1.165) is 0 Å². The van der Waals surface area contributed by atoms with Crippen LogP contribution in [0.2, 0.25) is 0 Å². The first kappa shape index (κ1) is 10.8. The number of rotatable bonds is 2. The molecule has 1 aliphatic heterocycles. The van der Waals surface area contributed by atoms with Gasteiger partial charge in [-0.25, -0.2) is 0 Å². The maximum absolute atomic E-state index is 9.28. The summed E-state index contributed by atoms with van der Waals surface area (Å²) >= 11 is 0. The van der Waals surface area contributed by atoms with Gasteiger partial charge in [-0.1, -0.05) is 0 Å². The van der Waals surface area contributed by atoms with E-state index in [9.17, 15) is 15.3 Å². The van der Waals surface area contributed by atoms with Gasteiger partial charge in [-0.2, -0.15) is 0 Å². The zero-order valence-corrected chi connectivity index (χ0v) is 7.20. The number of aliphatic hydroxyl groups is 4. The summed E-state index contributed by atoms with van der Waals surface area (Å²) in [7, 11) is 1.30. The smallest absolute Gasteiger partial charge is 0.186 e. The van der Waals surface area contributed by atoms with Gasteiger partial charge >= 0.3 is 0 Å². The summed E-state index contributed by atoms with van der Waals surface area (Å²) in [6, 6.07) is 0. The Kier molecular flexibility index (Phi) is 3.60. The maximum atomic E-state index is 9.28. The van der Waals surface area contributed by atoms with Gasteiger partial charge in [0, 0.05) is 7.11 Å². The van der Waals surface area contributed by atoms with E-state index < -0.39 is 37.3 Å². The average molecular weight is 194 g/mol. The Labute approximate surface area is 75.3 Å². The van der Waals surface area contributed by atoms with Crippen LogP contribution in [0.5, 0.6) is 0 Å². The summed E-state index contributed by atoms with van der Waals surface area (Å²) in [5.41, 5.74) is 0. The Morgan fingerprint density at radius 1 is 1.15 bits per heavy atom. The van der Waals surface area contributed by atoms with E-state index in [0.29, 0.717) is 0 Å². The van der Waals surface area contributed by atoms with Crippen LogP contribution in [-0.2, 0) is 9.47 Å². The molecule has 0 aromatic carbocycles. The highest BCUT2D eigenvalue weighted by Crippen LogP contribution is 2.20. The number of methoxy groups -OCH3 is 1. The molecular formula is C7H14O6. The van der Waals surface area contributed by atoms with Crippen molar-refractivity contribution < 1.29 is 29.9 Å². The summed E-state index contributed by atoms with van der Waals surface area (Å²) in [6.45, 7) is -0.440. The van der Waals surface area contributed by atoms with Gasteiger partial charge in [0.1, 0.15) is 24.4 Å². The fourth-order valence-electron chi connectivity index (χ4n) is 1.26. The molecule has 0 saturated carbocycles. The maximum Gasteiger partial charge on any atom is 0.186 e. The predicted molar refractivity (Wildman–Crippen MR) is 40.8 cm³/mol. The molecule has 0 radical (unpaired) electrons. The van der Waals surface area contributed by atoms with Gasteiger partial charge in [-0.3, -0.25) is 0 Å². The molecule has 4 N–H and O–H groups in total. The largest absolute Gasteiger partial charge is 0.394 e. The molecule has 1 fully saturated rings. The molecule has 1 saturated heterocycles. The van der Waals surface area contributed by atoms with Gasteiger partial charge in [0.2, 0.25) is 0 Å². The Bertz CT molecular complexity index is 143. The fourth-order valence-corrected chi connectivity index (χ4v) is 1.26. The van der Waals surface area contributed by atoms with Gasteiger partial charge < -0.3 is 29.9 Å². The van der Waals surface area contributed by atoms with Crippen LogP contribution in [0.4, 0.5) is 0 Å². The lowest BCUT2D eigenvalue weighted by Gasteiger charge is -2.38. The highest BCUT2D eigenvalue weighted by atomic mass is 16.7. The number of aliphatic hydroxyl groups excluding tert-OH is 4. The van der Waals surface area contributed by atoms with E-state index in [-0.39, 0.29) is 0 Å². The molecule has 6 nitrogen and oxygen atoms in total. The normalized spacial score (nSPS) is 46.4. The van der Waals surface area contributed by atoms with Crippen LogP contribution < -0.4 is 0 Å². The highest BCUT2D eigenvalue weighted by Gasteiger charge is 2.43. The molecule has 5 atom stereocenters. The standard InChI is InChI=1S/C7H14O6/c1-12-7-6(11)5(10)4(9)3(2-8)13-7/h3-11H,2H2,1H3/t3-,4-,5+,6?,7-/m1/s1. The molecule has 78 valence electrons. The number of hydrogen-bond acceptors (Lipinski definition) is 6. The Morgan fingerprint density at radius 3 is 2.23 bits per heavy atom. The van der Waals surface area contributed by atoms with Gasteiger partial charge in [0.15, 0.2) is 6.29 Å². The molecule has 1 heterocycles. The molecule has 6 heteroatoms. The highest BCUT2D eigenvalue weighted by molar-refractivity contribution is 4.88. The van der Waals surface area contributed by atoms with Crippen molar-refractivity contribution >= 4 is 0 Å². The minimum absolute atomic E-state index is 0.440. The number of ether oxygens (including phenoxy) is 2. The lowest BCUT2D eigenvalue weighted by atomic mass is 9.99. The lowest BCUT2D eigenvalue weighted by molar-refractivity contribution is -0.294. The SMILES string of the molecule is CO[C@@H]1O[C@H](CO)[C@@H](O)[C@H](O)C1O. The molecule has 0 spiro atoms. The van der Waals surface area contributed by atoms with Gasteiger partial charge in [-0.05, 0) is 0 Å². The molecule has 1 unspecified atom stereocenters. The third kappa shape index (κ3) is 1.98. The van der Waals surface area contributed by atoms with Crippen molar-refractivity contribution in [1.29, 1.82) is 0 Å². The second kappa shape index (κ2) is 4.32. The van der Waals surface area contributed by atoms with Crippen LogP contribution in [0.15, 0.2) is 0 Å². The summed E-state index contributed by atoms with van der Waals surface area (Å²) in [5, 5.41) is 36.6. The second-order valence-electron chi connectivity index (χ2n) is 2.93. The van der Waals surface area contributed by atoms with Crippen LogP contribution in [0, 0.1) is 0 Å². The van der Waals surface area contributed by atoms with Crippen molar-refractivity contribution in [2.24, 2.45) is 0 Å². The molecule has 1 rings (SSSR count). The van der Waals surface area contributed by atoms with Crippen LogP contribution in [-0.4, -0.2) is 64.8 Å². The molecule has 0 bridgehead atoms. The molecule has 0 aliphatic carbocycles. The monoisotopic (exact) mass is 194 g/mol. The Hall–Kier alpha value is -0.240. The first-order chi connectivity index (χ1) is 6.11. The quantitative estimate of drug-likeness (QED) is 0.386. The van der Waals surface area contributed by atoms with E-state index in [4.69, 9.17) is 14.6 Å². The van der Waals surface area contributed by atoms with Crippen molar-refractivity contribution in [2.45, 2.75) is 30.7 Å². The molecule has 0 aromatic heterocycles. The topological polar surface area (TPSA) is 99.4 Å². The van der Waals surface area contributed by atoms with E-state index in [1.807, 2.05) is 0 Å². The molecule has 13 heavy (non-hydrogen) atoms. The van der Waals surface area contributed by atoms with Gasteiger partial charge in [-0.15, -0.1) is 0 Å². The summed E-state index contributed by atoms with van der Waals surface area (Å²) < 4.78 is 9.65. The first-order valence-corrected chi connectivity index (χ1v) is 3.95.